The molecule has 7 heteroatoms. The van der Waals surface area contributed by atoms with E-state index in [-0.39, 0.29) is 12.5 Å². The molecule has 0 aliphatic carbocycles. The third-order valence-corrected chi connectivity index (χ3v) is 3.95. The molecule has 0 unspecified atom stereocenters. The molecule has 0 saturated carbocycles. The zero-order valence-electron chi connectivity index (χ0n) is 11.8. The fraction of sp³-hybridized carbons (Fsp3) is 0.200. The number of carbonyl (C=O) groups is 1. The molecule has 0 saturated heterocycles. The van der Waals surface area contributed by atoms with Crippen molar-refractivity contribution in [3.8, 4) is 0 Å². The number of rotatable bonds is 6. The van der Waals surface area contributed by atoms with Crippen molar-refractivity contribution in [2.45, 2.75) is 19.4 Å². The Morgan fingerprint density at radius 1 is 1.14 bits per heavy atom. The van der Waals surface area contributed by atoms with Crippen LogP contribution in [-0.2, 0) is 24.2 Å². The first-order valence-electron chi connectivity index (χ1n) is 6.93. The van der Waals surface area contributed by atoms with E-state index in [9.17, 15) is 4.79 Å². The summed E-state index contributed by atoms with van der Waals surface area (Å²) in [5.41, 5.74) is 1.27. The first-order chi connectivity index (χ1) is 10.8. The maximum Gasteiger partial charge on any atom is 0.247 e. The van der Waals surface area contributed by atoms with Crippen molar-refractivity contribution in [2.24, 2.45) is 0 Å². The second-order valence-corrected chi connectivity index (χ2v) is 5.80. The average molecular weight is 313 g/mol. The number of carbonyl (C=O) groups excluding carboxylic acids is 1. The third-order valence-electron chi connectivity index (χ3n) is 3.05. The van der Waals surface area contributed by atoms with Gasteiger partial charge in [-0.05, 0) is 18.1 Å². The van der Waals surface area contributed by atoms with Gasteiger partial charge in [0.2, 0.25) is 11.0 Å². The third kappa shape index (κ3) is 3.98. The Morgan fingerprint density at radius 2 is 2.00 bits per heavy atom. The van der Waals surface area contributed by atoms with E-state index >= 15 is 0 Å². The SMILES string of the molecule is O=C(Cn1cccn1)Nc1nnc(CCc2ccccc2)s1. The number of hydrogen-bond acceptors (Lipinski definition) is 5. The number of hydrogen-bond donors (Lipinski definition) is 1. The molecule has 0 aliphatic rings. The molecular weight excluding hydrogens is 298 g/mol. The zero-order valence-corrected chi connectivity index (χ0v) is 12.7. The summed E-state index contributed by atoms with van der Waals surface area (Å²) in [5, 5.41) is 16.3. The van der Waals surface area contributed by atoms with Crippen LogP contribution in [0.25, 0.3) is 0 Å². The van der Waals surface area contributed by atoms with Gasteiger partial charge in [0.15, 0.2) is 0 Å². The summed E-state index contributed by atoms with van der Waals surface area (Å²) in [6.07, 6.45) is 5.11. The molecule has 0 radical (unpaired) electrons. The van der Waals surface area contributed by atoms with Crippen molar-refractivity contribution in [3.05, 3.63) is 59.4 Å². The Hall–Kier alpha value is -2.54. The fourth-order valence-corrected chi connectivity index (χ4v) is 2.76. The summed E-state index contributed by atoms with van der Waals surface area (Å²) in [6, 6.07) is 12.0. The van der Waals surface area contributed by atoms with E-state index in [0.29, 0.717) is 5.13 Å². The van der Waals surface area contributed by atoms with E-state index in [4.69, 9.17) is 0 Å². The summed E-state index contributed by atoms with van der Waals surface area (Å²) in [6.45, 7) is 0.173. The predicted octanol–water partition coefficient (Wildman–Crippen LogP) is 2.16. The Morgan fingerprint density at radius 3 is 2.77 bits per heavy atom. The Balaban J connectivity index is 1.51. The maximum atomic E-state index is 11.8. The molecule has 3 aromatic rings. The number of amides is 1. The predicted molar refractivity (Wildman–Crippen MR) is 84.6 cm³/mol. The summed E-state index contributed by atoms with van der Waals surface area (Å²) >= 11 is 1.41. The van der Waals surface area contributed by atoms with Crippen LogP contribution in [0.15, 0.2) is 48.8 Å². The molecule has 2 aromatic heterocycles. The summed E-state index contributed by atoms with van der Waals surface area (Å²) in [4.78, 5) is 11.8. The largest absolute Gasteiger partial charge is 0.299 e. The van der Waals surface area contributed by atoms with Gasteiger partial charge in [-0.1, -0.05) is 41.7 Å². The van der Waals surface area contributed by atoms with Crippen molar-refractivity contribution in [1.29, 1.82) is 0 Å². The van der Waals surface area contributed by atoms with E-state index in [1.165, 1.54) is 16.9 Å². The van der Waals surface area contributed by atoms with Crippen LogP contribution >= 0.6 is 11.3 Å². The van der Waals surface area contributed by atoms with Crippen molar-refractivity contribution < 1.29 is 4.79 Å². The molecule has 2 heterocycles. The number of aryl methyl sites for hydroxylation is 2. The minimum atomic E-state index is -0.158. The van der Waals surface area contributed by atoms with E-state index in [1.54, 1.807) is 23.1 Å². The zero-order chi connectivity index (χ0) is 15.2. The van der Waals surface area contributed by atoms with Gasteiger partial charge in [-0.15, -0.1) is 10.2 Å². The van der Waals surface area contributed by atoms with Crippen LogP contribution in [-0.4, -0.2) is 25.9 Å². The highest BCUT2D eigenvalue weighted by atomic mass is 32.1. The highest BCUT2D eigenvalue weighted by Crippen LogP contribution is 2.17. The molecule has 112 valence electrons. The summed E-state index contributed by atoms with van der Waals surface area (Å²) < 4.78 is 1.56. The highest BCUT2D eigenvalue weighted by Gasteiger charge is 2.09. The summed E-state index contributed by atoms with van der Waals surface area (Å²) in [7, 11) is 0. The molecule has 0 atom stereocenters. The van der Waals surface area contributed by atoms with Gasteiger partial charge in [0.25, 0.3) is 0 Å². The van der Waals surface area contributed by atoms with Gasteiger partial charge in [-0.3, -0.25) is 14.8 Å². The van der Waals surface area contributed by atoms with Gasteiger partial charge >= 0.3 is 0 Å². The van der Waals surface area contributed by atoms with Gasteiger partial charge < -0.3 is 0 Å². The minimum Gasteiger partial charge on any atom is -0.299 e. The molecule has 1 aromatic carbocycles. The van der Waals surface area contributed by atoms with Crippen molar-refractivity contribution in [1.82, 2.24) is 20.0 Å². The van der Waals surface area contributed by atoms with E-state index in [2.05, 4.69) is 32.7 Å². The number of nitrogens with one attached hydrogen (secondary N) is 1. The van der Waals surface area contributed by atoms with E-state index in [1.807, 2.05) is 18.2 Å². The first-order valence-corrected chi connectivity index (χ1v) is 7.75. The molecule has 3 rings (SSSR count). The lowest BCUT2D eigenvalue weighted by Gasteiger charge is -2.00. The van der Waals surface area contributed by atoms with Crippen LogP contribution in [0.3, 0.4) is 0 Å². The van der Waals surface area contributed by atoms with Crippen LogP contribution in [0.4, 0.5) is 5.13 Å². The highest BCUT2D eigenvalue weighted by molar-refractivity contribution is 7.15. The molecule has 0 fully saturated rings. The Labute approximate surface area is 131 Å². The van der Waals surface area contributed by atoms with Crippen molar-refractivity contribution >= 4 is 22.4 Å². The standard InChI is InChI=1S/C15H15N5OS/c21-13(11-20-10-4-9-16-20)17-15-19-18-14(22-15)8-7-12-5-2-1-3-6-12/h1-6,9-10H,7-8,11H2,(H,17,19,21). The lowest BCUT2D eigenvalue weighted by Crippen LogP contribution is -2.18. The monoisotopic (exact) mass is 313 g/mol. The maximum absolute atomic E-state index is 11.8. The normalized spacial score (nSPS) is 10.5. The number of benzene rings is 1. The average Bonchev–Trinajstić information content (AvgIpc) is 3.18. The first kappa shape index (κ1) is 14.4. The van der Waals surface area contributed by atoms with Gasteiger partial charge in [0.1, 0.15) is 11.6 Å². The van der Waals surface area contributed by atoms with Crippen molar-refractivity contribution in [3.63, 3.8) is 0 Å². The van der Waals surface area contributed by atoms with Crippen LogP contribution in [0.2, 0.25) is 0 Å². The second kappa shape index (κ2) is 6.95. The molecule has 22 heavy (non-hydrogen) atoms. The Bertz CT molecular complexity index is 723. The molecule has 0 aliphatic heterocycles. The van der Waals surface area contributed by atoms with Gasteiger partial charge in [-0.25, -0.2) is 0 Å². The summed E-state index contributed by atoms with van der Waals surface area (Å²) in [5.74, 6) is -0.158. The van der Waals surface area contributed by atoms with Crippen LogP contribution in [0, 0.1) is 0 Å². The van der Waals surface area contributed by atoms with Gasteiger partial charge in [0, 0.05) is 18.8 Å². The molecule has 1 amide bonds. The van der Waals surface area contributed by atoms with Crippen LogP contribution in [0.1, 0.15) is 10.6 Å². The molecule has 0 bridgehead atoms. The quantitative estimate of drug-likeness (QED) is 0.757. The van der Waals surface area contributed by atoms with Crippen LogP contribution < -0.4 is 5.32 Å². The second-order valence-electron chi connectivity index (χ2n) is 4.74. The molecule has 0 spiro atoms. The van der Waals surface area contributed by atoms with E-state index in [0.717, 1.165) is 17.8 Å². The lowest BCUT2D eigenvalue weighted by atomic mass is 10.1. The van der Waals surface area contributed by atoms with Gasteiger partial charge in [-0.2, -0.15) is 5.10 Å². The topological polar surface area (TPSA) is 72.7 Å². The smallest absolute Gasteiger partial charge is 0.247 e. The van der Waals surface area contributed by atoms with E-state index < -0.39 is 0 Å². The molecule has 1 N–H and O–H groups in total. The fourth-order valence-electron chi connectivity index (χ4n) is 2.00. The lowest BCUT2D eigenvalue weighted by molar-refractivity contribution is -0.116. The number of aromatic nitrogens is 4. The molecular formula is C15H15N5OS. The minimum absolute atomic E-state index is 0.158. The Kier molecular flexibility index (Phi) is 4.55. The molecule has 6 nitrogen and oxygen atoms in total. The van der Waals surface area contributed by atoms with Crippen molar-refractivity contribution in [2.75, 3.05) is 5.32 Å². The van der Waals surface area contributed by atoms with Crippen LogP contribution in [0.5, 0.6) is 0 Å². The number of nitrogens with zero attached hydrogens (tertiary/aromatic N) is 4. The van der Waals surface area contributed by atoms with Gasteiger partial charge in [0.05, 0.1) is 0 Å². The number of anilines is 1.